The number of carbonyl (C=O) groups excluding carboxylic acids is 1. The highest BCUT2D eigenvalue weighted by Crippen LogP contribution is 2.18. The minimum Gasteiger partial charge on any atom is -0.348 e. The molecule has 0 radical (unpaired) electrons. The molecule has 1 N–H and O–H groups in total. The Morgan fingerprint density at radius 3 is 3.00 bits per heavy atom. The van der Waals surface area contributed by atoms with Gasteiger partial charge in [-0.3, -0.25) is 14.5 Å². The standard InChI is InChI=1S/C17H16N4OS/c1-21-12-15(11-20-21)14-7-13(8-18-10-14)9-19-17(22)5-4-16-3-2-6-23-16/h2-8,10-12H,9H2,1H3,(H,19,22)/b5-4+. The Bertz CT molecular complexity index is 821. The van der Waals surface area contributed by atoms with E-state index in [-0.39, 0.29) is 5.91 Å². The summed E-state index contributed by atoms with van der Waals surface area (Å²) in [6, 6.07) is 5.93. The molecule has 0 bridgehead atoms. The molecule has 3 rings (SSSR count). The first-order valence-electron chi connectivity index (χ1n) is 7.13. The number of pyridine rings is 1. The van der Waals surface area contributed by atoms with Crippen LogP contribution in [0.5, 0.6) is 0 Å². The Morgan fingerprint density at radius 2 is 2.26 bits per heavy atom. The maximum atomic E-state index is 11.8. The van der Waals surface area contributed by atoms with Gasteiger partial charge in [-0.25, -0.2) is 0 Å². The number of carbonyl (C=O) groups is 1. The fourth-order valence-electron chi connectivity index (χ4n) is 2.10. The van der Waals surface area contributed by atoms with E-state index < -0.39 is 0 Å². The third kappa shape index (κ3) is 4.14. The van der Waals surface area contributed by atoms with Crippen molar-refractivity contribution in [2.75, 3.05) is 0 Å². The van der Waals surface area contributed by atoms with Gasteiger partial charge in [-0.1, -0.05) is 6.07 Å². The minimum atomic E-state index is -0.120. The van der Waals surface area contributed by atoms with Crippen LogP contribution in [0, 0.1) is 0 Å². The smallest absolute Gasteiger partial charge is 0.244 e. The zero-order chi connectivity index (χ0) is 16.1. The van der Waals surface area contributed by atoms with E-state index in [0.717, 1.165) is 21.6 Å². The summed E-state index contributed by atoms with van der Waals surface area (Å²) in [4.78, 5) is 17.1. The van der Waals surface area contributed by atoms with E-state index in [1.54, 1.807) is 40.7 Å². The molecule has 0 aliphatic rings. The molecule has 3 aromatic heterocycles. The predicted octanol–water partition coefficient (Wildman–Crippen LogP) is 2.87. The van der Waals surface area contributed by atoms with Crippen LogP contribution in [0.15, 0.2) is 54.4 Å². The van der Waals surface area contributed by atoms with E-state index in [9.17, 15) is 4.79 Å². The number of thiophene rings is 1. The lowest BCUT2D eigenvalue weighted by atomic mass is 10.1. The molecule has 6 heteroatoms. The number of nitrogens with one attached hydrogen (secondary N) is 1. The summed E-state index contributed by atoms with van der Waals surface area (Å²) in [5, 5.41) is 9.00. The summed E-state index contributed by atoms with van der Waals surface area (Å²) in [5.41, 5.74) is 2.94. The molecule has 1 amide bonds. The molecule has 0 aliphatic carbocycles. The predicted molar refractivity (Wildman–Crippen MR) is 91.6 cm³/mol. The summed E-state index contributed by atoms with van der Waals surface area (Å²) >= 11 is 1.60. The number of nitrogens with zero attached hydrogens (tertiary/aromatic N) is 3. The van der Waals surface area contributed by atoms with Gasteiger partial charge in [-0.2, -0.15) is 5.10 Å². The first kappa shape index (κ1) is 15.2. The number of hydrogen-bond acceptors (Lipinski definition) is 4. The van der Waals surface area contributed by atoms with Gasteiger partial charge in [0, 0.05) is 54.3 Å². The summed E-state index contributed by atoms with van der Waals surface area (Å²) in [5.74, 6) is -0.120. The van der Waals surface area contributed by atoms with Gasteiger partial charge in [0.1, 0.15) is 0 Å². The Labute approximate surface area is 138 Å². The lowest BCUT2D eigenvalue weighted by Gasteiger charge is -2.04. The first-order chi connectivity index (χ1) is 11.2. The average Bonchev–Trinajstić information content (AvgIpc) is 3.23. The van der Waals surface area contributed by atoms with E-state index >= 15 is 0 Å². The van der Waals surface area contributed by atoms with E-state index in [1.165, 1.54) is 0 Å². The molecule has 0 saturated heterocycles. The normalized spacial score (nSPS) is 11.0. The molecule has 5 nitrogen and oxygen atoms in total. The van der Waals surface area contributed by atoms with Crippen molar-refractivity contribution in [2.24, 2.45) is 7.05 Å². The lowest BCUT2D eigenvalue weighted by molar-refractivity contribution is -0.116. The molecule has 0 aliphatic heterocycles. The molecule has 116 valence electrons. The van der Waals surface area contributed by atoms with Crippen LogP contribution < -0.4 is 5.32 Å². The van der Waals surface area contributed by atoms with Crippen LogP contribution >= 0.6 is 11.3 Å². The third-order valence-corrected chi connectivity index (χ3v) is 4.08. The number of rotatable bonds is 5. The van der Waals surface area contributed by atoms with Gasteiger partial charge in [-0.15, -0.1) is 11.3 Å². The van der Waals surface area contributed by atoms with Crippen molar-refractivity contribution in [1.29, 1.82) is 0 Å². The molecule has 0 saturated carbocycles. The minimum absolute atomic E-state index is 0.120. The zero-order valence-electron chi connectivity index (χ0n) is 12.6. The van der Waals surface area contributed by atoms with Crippen LogP contribution in [0.1, 0.15) is 10.4 Å². The maximum Gasteiger partial charge on any atom is 0.244 e. The number of aryl methyl sites for hydroxylation is 1. The highest BCUT2D eigenvalue weighted by molar-refractivity contribution is 7.10. The fraction of sp³-hybridized carbons (Fsp3) is 0.118. The van der Waals surface area contributed by atoms with Crippen molar-refractivity contribution in [3.8, 4) is 11.1 Å². The van der Waals surface area contributed by atoms with Crippen LogP contribution in [0.3, 0.4) is 0 Å². The molecule has 3 aromatic rings. The molecule has 0 unspecified atom stereocenters. The first-order valence-corrected chi connectivity index (χ1v) is 8.01. The Morgan fingerprint density at radius 1 is 1.35 bits per heavy atom. The largest absolute Gasteiger partial charge is 0.348 e. The Kier molecular flexibility index (Phi) is 4.63. The molecule has 3 heterocycles. The summed E-state index contributed by atoms with van der Waals surface area (Å²) < 4.78 is 1.75. The molecule has 23 heavy (non-hydrogen) atoms. The van der Waals surface area contributed by atoms with E-state index in [2.05, 4.69) is 15.4 Å². The van der Waals surface area contributed by atoms with E-state index in [4.69, 9.17) is 0 Å². The number of aromatic nitrogens is 3. The molecule has 0 fully saturated rings. The molecular weight excluding hydrogens is 308 g/mol. The van der Waals surface area contributed by atoms with Crippen molar-refractivity contribution < 1.29 is 4.79 Å². The Hall–Kier alpha value is -2.73. The topological polar surface area (TPSA) is 59.8 Å². The molecular formula is C17H16N4OS. The second kappa shape index (κ2) is 7.02. The quantitative estimate of drug-likeness (QED) is 0.734. The summed E-state index contributed by atoms with van der Waals surface area (Å²) in [6.07, 6.45) is 10.6. The van der Waals surface area contributed by atoms with Gasteiger partial charge >= 0.3 is 0 Å². The molecule has 0 spiro atoms. The van der Waals surface area contributed by atoms with Crippen molar-refractivity contribution in [1.82, 2.24) is 20.1 Å². The fourth-order valence-corrected chi connectivity index (χ4v) is 2.72. The van der Waals surface area contributed by atoms with Crippen molar-refractivity contribution >= 4 is 23.3 Å². The van der Waals surface area contributed by atoms with Crippen LogP contribution in [0.2, 0.25) is 0 Å². The van der Waals surface area contributed by atoms with Crippen molar-refractivity contribution in [3.63, 3.8) is 0 Å². The molecule has 0 aromatic carbocycles. The third-order valence-electron chi connectivity index (χ3n) is 3.24. The second-order valence-electron chi connectivity index (χ2n) is 5.05. The van der Waals surface area contributed by atoms with Gasteiger partial charge < -0.3 is 5.32 Å². The van der Waals surface area contributed by atoms with Crippen LogP contribution in [0.4, 0.5) is 0 Å². The van der Waals surface area contributed by atoms with Crippen LogP contribution in [-0.4, -0.2) is 20.7 Å². The highest BCUT2D eigenvalue weighted by Gasteiger charge is 2.03. The van der Waals surface area contributed by atoms with Gasteiger partial charge in [0.15, 0.2) is 0 Å². The average molecular weight is 324 g/mol. The van der Waals surface area contributed by atoms with Gasteiger partial charge in [0.25, 0.3) is 0 Å². The zero-order valence-corrected chi connectivity index (χ0v) is 13.5. The highest BCUT2D eigenvalue weighted by atomic mass is 32.1. The van der Waals surface area contributed by atoms with Crippen molar-refractivity contribution in [3.05, 3.63) is 64.9 Å². The van der Waals surface area contributed by atoms with E-state index in [0.29, 0.717) is 6.54 Å². The summed E-state index contributed by atoms with van der Waals surface area (Å²) in [6.45, 7) is 0.439. The van der Waals surface area contributed by atoms with Gasteiger partial charge in [0.2, 0.25) is 5.91 Å². The molecule has 0 atom stereocenters. The van der Waals surface area contributed by atoms with Gasteiger partial charge in [-0.05, 0) is 29.2 Å². The number of amides is 1. The SMILES string of the molecule is Cn1cc(-c2cncc(CNC(=O)/C=C/c3cccs3)c2)cn1. The van der Waals surface area contributed by atoms with E-state index in [1.807, 2.05) is 42.9 Å². The monoisotopic (exact) mass is 324 g/mol. The second-order valence-corrected chi connectivity index (χ2v) is 6.03. The van der Waals surface area contributed by atoms with Gasteiger partial charge in [0.05, 0.1) is 6.20 Å². The van der Waals surface area contributed by atoms with Crippen molar-refractivity contribution in [2.45, 2.75) is 6.54 Å². The Balaban J connectivity index is 1.61. The maximum absolute atomic E-state index is 11.8. The van der Waals surface area contributed by atoms with Crippen LogP contribution in [-0.2, 0) is 18.4 Å². The van der Waals surface area contributed by atoms with Crippen LogP contribution in [0.25, 0.3) is 17.2 Å². The lowest BCUT2D eigenvalue weighted by Crippen LogP contribution is -2.20. The number of hydrogen-bond donors (Lipinski definition) is 1. The summed E-state index contributed by atoms with van der Waals surface area (Å²) in [7, 11) is 1.88.